The first-order valence-corrected chi connectivity index (χ1v) is 10.5. The molecule has 2 N–H and O–H groups in total. The van der Waals surface area contributed by atoms with Crippen LogP contribution in [0.3, 0.4) is 0 Å². The summed E-state index contributed by atoms with van der Waals surface area (Å²) in [6, 6.07) is 19.7. The normalized spacial score (nSPS) is 10.8. The number of hydrogen-bond donors (Lipinski definition) is 2. The average Bonchev–Trinajstić information content (AvgIpc) is 2.77. The van der Waals surface area contributed by atoms with Crippen LogP contribution >= 0.6 is 12.2 Å². The van der Waals surface area contributed by atoms with Gasteiger partial charge in [0.05, 0.1) is 12.1 Å². The quantitative estimate of drug-likeness (QED) is 0.394. The molecule has 7 heteroatoms. The number of aryl methyl sites for hydroxylation is 1. The molecular weight excluding hydrogens is 428 g/mol. The Balaban J connectivity index is 1.65. The molecule has 0 unspecified atom stereocenters. The Kier molecular flexibility index (Phi) is 6.28. The van der Waals surface area contributed by atoms with Crippen LogP contribution in [0.4, 0.5) is 14.5 Å². The Morgan fingerprint density at radius 3 is 2.31 bits per heavy atom. The summed E-state index contributed by atoms with van der Waals surface area (Å²) in [6.45, 7) is 2.54. The van der Waals surface area contributed by atoms with Crippen molar-refractivity contribution in [3.05, 3.63) is 111 Å². The van der Waals surface area contributed by atoms with Crippen LogP contribution in [0.25, 0.3) is 10.9 Å². The number of rotatable bonds is 5. The minimum absolute atomic E-state index is 0.194. The van der Waals surface area contributed by atoms with Gasteiger partial charge in [-0.25, -0.2) is 8.78 Å². The summed E-state index contributed by atoms with van der Waals surface area (Å²) >= 11 is 5.61. The van der Waals surface area contributed by atoms with E-state index in [4.69, 9.17) is 12.2 Å². The van der Waals surface area contributed by atoms with Crippen LogP contribution in [0, 0.1) is 18.6 Å². The fourth-order valence-corrected chi connectivity index (χ4v) is 3.74. The molecule has 4 aromatic rings. The molecule has 0 aliphatic carbocycles. The Hall–Kier alpha value is -3.58. The zero-order valence-corrected chi connectivity index (χ0v) is 18.2. The highest BCUT2D eigenvalue weighted by Gasteiger charge is 2.15. The minimum Gasteiger partial charge on any atom is -0.340 e. The van der Waals surface area contributed by atoms with Gasteiger partial charge < -0.3 is 15.2 Å². The first-order valence-electron chi connectivity index (χ1n) is 10.1. The molecule has 4 nitrogen and oxygen atoms in total. The molecule has 32 heavy (non-hydrogen) atoms. The first kappa shape index (κ1) is 21.6. The van der Waals surface area contributed by atoms with Gasteiger partial charge in [0.1, 0.15) is 11.6 Å². The molecule has 0 bridgehead atoms. The molecule has 4 rings (SSSR count). The maximum atomic E-state index is 13.4. The molecule has 3 aromatic carbocycles. The molecule has 0 saturated heterocycles. The van der Waals surface area contributed by atoms with Crippen LogP contribution in [0.1, 0.15) is 16.7 Å². The van der Waals surface area contributed by atoms with Crippen LogP contribution in [0.15, 0.2) is 77.6 Å². The van der Waals surface area contributed by atoms with E-state index in [1.807, 2.05) is 36.1 Å². The highest BCUT2D eigenvalue weighted by molar-refractivity contribution is 7.80. The standard InChI is InChI=1S/C25H21F2N3OS/c1-16-3-2-4-18-13-19(24(31)29-23(16)18)15-30(14-17-5-7-20(26)8-6-17)25(32)28-22-11-9-21(27)10-12-22/h2-13H,14-15H2,1H3,(H,28,32)(H,29,31). The average molecular weight is 450 g/mol. The number of thiocarbonyl (C=S) groups is 1. The van der Waals surface area contributed by atoms with E-state index in [1.165, 1.54) is 24.3 Å². The number of aromatic nitrogens is 1. The van der Waals surface area contributed by atoms with Crippen LogP contribution in [-0.2, 0) is 13.1 Å². The van der Waals surface area contributed by atoms with Gasteiger partial charge in [0.15, 0.2) is 5.11 Å². The summed E-state index contributed by atoms with van der Waals surface area (Å²) in [4.78, 5) is 17.6. The number of H-pyrrole nitrogens is 1. The number of pyridine rings is 1. The third kappa shape index (κ3) is 5.00. The fourth-order valence-electron chi connectivity index (χ4n) is 3.50. The predicted octanol–water partition coefficient (Wildman–Crippen LogP) is 5.51. The van der Waals surface area contributed by atoms with E-state index in [9.17, 15) is 13.6 Å². The molecular formula is C25H21F2N3OS. The van der Waals surface area contributed by atoms with Crippen molar-refractivity contribution >= 4 is 33.9 Å². The van der Waals surface area contributed by atoms with Gasteiger partial charge in [-0.2, -0.15) is 0 Å². The highest BCUT2D eigenvalue weighted by Crippen LogP contribution is 2.18. The van der Waals surface area contributed by atoms with Crippen molar-refractivity contribution in [1.82, 2.24) is 9.88 Å². The molecule has 0 spiro atoms. The zero-order valence-electron chi connectivity index (χ0n) is 17.4. The van der Waals surface area contributed by atoms with Gasteiger partial charge in [0.2, 0.25) is 0 Å². The number of hydrogen-bond acceptors (Lipinski definition) is 2. The lowest BCUT2D eigenvalue weighted by Gasteiger charge is -2.26. The largest absolute Gasteiger partial charge is 0.340 e. The Bertz CT molecular complexity index is 1320. The summed E-state index contributed by atoms with van der Waals surface area (Å²) in [7, 11) is 0. The topological polar surface area (TPSA) is 48.1 Å². The van der Waals surface area contributed by atoms with Crippen molar-refractivity contribution in [3.63, 3.8) is 0 Å². The molecule has 0 aliphatic heterocycles. The van der Waals surface area contributed by atoms with Gasteiger partial charge in [-0.3, -0.25) is 4.79 Å². The van der Waals surface area contributed by atoms with Crippen molar-refractivity contribution in [1.29, 1.82) is 0 Å². The van der Waals surface area contributed by atoms with Gasteiger partial charge in [-0.05, 0) is 78.1 Å². The Labute approximate surface area is 189 Å². The van der Waals surface area contributed by atoms with Crippen molar-refractivity contribution in [2.45, 2.75) is 20.0 Å². The smallest absolute Gasteiger partial charge is 0.253 e. The lowest BCUT2D eigenvalue weighted by molar-refractivity contribution is 0.411. The number of para-hydroxylation sites is 1. The van der Waals surface area contributed by atoms with Gasteiger partial charge in [0.25, 0.3) is 5.56 Å². The first-order chi connectivity index (χ1) is 15.4. The van der Waals surface area contributed by atoms with E-state index in [0.717, 1.165) is 22.0 Å². The van der Waals surface area contributed by atoms with Crippen LogP contribution < -0.4 is 10.9 Å². The summed E-state index contributed by atoms with van der Waals surface area (Å²) in [5.74, 6) is -0.670. The number of nitrogens with one attached hydrogen (secondary N) is 2. The third-order valence-corrected chi connectivity index (χ3v) is 5.56. The second kappa shape index (κ2) is 9.28. The lowest BCUT2D eigenvalue weighted by Crippen LogP contribution is -2.35. The van der Waals surface area contributed by atoms with E-state index in [0.29, 0.717) is 22.9 Å². The van der Waals surface area contributed by atoms with Gasteiger partial charge in [-0.15, -0.1) is 0 Å². The summed E-state index contributed by atoms with van der Waals surface area (Å²) < 4.78 is 26.6. The van der Waals surface area contributed by atoms with Gasteiger partial charge >= 0.3 is 0 Å². The van der Waals surface area contributed by atoms with Crippen molar-refractivity contribution < 1.29 is 8.78 Å². The number of fused-ring (bicyclic) bond motifs is 1. The summed E-state index contributed by atoms with van der Waals surface area (Å²) in [5.41, 5.74) is 3.61. The van der Waals surface area contributed by atoms with Gasteiger partial charge in [-0.1, -0.05) is 30.3 Å². The number of halogens is 2. The van der Waals surface area contributed by atoms with E-state index >= 15 is 0 Å². The Morgan fingerprint density at radius 1 is 0.969 bits per heavy atom. The fraction of sp³-hybridized carbons (Fsp3) is 0.120. The molecule has 0 amide bonds. The SMILES string of the molecule is Cc1cccc2cc(CN(Cc3ccc(F)cc3)C(=S)Nc3ccc(F)cc3)c(=O)[nH]c12. The molecule has 1 aromatic heterocycles. The maximum Gasteiger partial charge on any atom is 0.253 e. The number of benzene rings is 3. The van der Waals surface area contributed by atoms with E-state index in [-0.39, 0.29) is 23.7 Å². The second-order valence-corrected chi connectivity index (χ2v) is 7.97. The number of nitrogens with zero attached hydrogens (tertiary/aromatic N) is 1. The predicted molar refractivity (Wildman–Crippen MR) is 128 cm³/mol. The number of aromatic amines is 1. The summed E-state index contributed by atoms with van der Waals surface area (Å²) in [5, 5.41) is 4.39. The van der Waals surface area contributed by atoms with E-state index < -0.39 is 0 Å². The van der Waals surface area contributed by atoms with Crippen LogP contribution in [0.5, 0.6) is 0 Å². The molecule has 0 atom stereocenters. The molecule has 0 aliphatic rings. The number of anilines is 1. The third-order valence-electron chi connectivity index (χ3n) is 5.20. The Morgan fingerprint density at radius 2 is 1.62 bits per heavy atom. The highest BCUT2D eigenvalue weighted by atomic mass is 32.1. The molecule has 1 heterocycles. The molecule has 0 saturated carbocycles. The van der Waals surface area contributed by atoms with Gasteiger partial charge in [0, 0.05) is 17.8 Å². The molecule has 162 valence electrons. The minimum atomic E-state index is -0.345. The van der Waals surface area contributed by atoms with Crippen molar-refractivity contribution in [3.8, 4) is 0 Å². The molecule has 0 fully saturated rings. The van der Waals surface area contributed by atoms with Crippen LogP contribution in [0.2, 0.25) is 0 Å². The van der Waals surface area contributed by atoms with E-state index in [2.05, 4.69) is 10.3 Å². The van der Waals surface area contributed by atoms with Crippen molar-refractivity contribution in [2.24, 2.45) is 0 Å². The monoisotopic (exact) mass is 449 g/mol. The lowest BCUT2D eigenvalue weighted by atomic mass is 10.1. The molecule has 0 radical (unpaired) electrons. The zero-order chi connectivity index (χ0) is 22.7. The van der Waals surface area contributed by atoms with Crippen molar-refractivity contribution in [2.75, 3.05) is 5.32 Å². The summed E-state index contributed by atoms with van der Waals surface area (Å²) in [6.07, 6.45) is 0. The van der Waals surface area contributed by atoms with Crippen LogP contribution in [-0.4, -0.2) is 15.0 Å². The van der Waals surface area contributed by atoms with E-state index in [1.54, 1.807) is 24.3 Å². The maximum absolute atomic E-state index is 13.4. The second-order valence-electron chi connectivity index (χ2n) is 7.58.